The number of carbonyl (C=O) groups is 1. The summed E-state index contributed by atoms with van der Waals surface area (Å²) in [5.74, 6) is 0.591. The third-order valence-electron chi connectivity index (χ3n) is 5.84. The van der Waals surface area contributed by atoms with Crippen LogP contribution in [0.5, 0.6) is 5.75 Å². The maximum atomic E-state index is 11.4. The Labute approximate surface area is 146 Å². The second-order valence-electron chi connectivity index (χ2n) is 7.78. The average Bonchev–Trinajstić information content (AvgIpc) is 2.57. The molecule has 134 valence electrons. The molecule has 1 fully saturated rings. The molecule has 0 bridgehead atoms. The van der Waals surface area contributed by atoms with Gasteiger partial charge < -0.3 is 10.0 Å². The molecule has 0 radical (unpaired) electrons. The first kappa shape index (κ1) is 18.9. The van der Waals surface area contributed by atoms with Crippen molar-refractivity contribution in [2.45, 2.75) is 46.6 Å². The van der Waals surface area contributed by atoms with Crippen LogP contribution in [0.2, 0.25) is 0 Å². The molecule has 1 heterocycles. The SMILES string of the molecule is CCN1CCN(Cc2cc(C(C)(C)C(C)C)cc(C=O)c2O)CC1. The van der Waals surface area contributed by atoms with E-state index in [4.69, 9.17) is 0 Å². The maximum absolute atomic E-state index is 11.4. The van der Waals surface area contributed by atoms with Crippen molar-refractivity contribution in [1.82, 2.24) is 9.80 Å². The van der Waals surface area contributed by atoms with E-state index in [0.717, 1.165) is 50.1 Å². The van der Waals surface area contributed by atoms with Gasteiger partial charge in [0.2, 0.25) is 0 Å². The molecule has 1 N–H and O–H groups in total. The summed E-state index contributed by atoms with van der Waals surface area (Å²) in [7, 11) is 0. The molecule has 2 rings (SSSR count). The zero-order valence-corrected chi connectivity index (χ0v) is 15.8. The van der Waals surface area contributed by atoms with E-state index in [2.05, 4.69) is 50.5 Å². The van der Waals surface area contributed by atoms with E-state index < -0.39 is 0 Å². The summed E-state index contributed by atoms with van der Waals surface area (Å²) < 4.78 is 0. The molecule has 0 aromatic heterocycles. The van der Waals surface area contributed by atoms with E-state index in [1.54, 1.807) is 0 Å². The van der Waals surface area contributed by atoms with Crippen LogP contribution in [0.15, 0.2) is 12.1 Å². The number of hydrogen-bond donors (Lipinski definition) is 1. The van der Waals surface area contributed by atoms with Crippen molar-refractivity contribution >= 4 is 6.29 Å². The maximum Gasteiger partial charge on any atom is 0.153 e. The first-order chi connectivity index (χ1) is 11.3. The molecule has 1 aliphatic rings. The van der Waals surface area contributed by atoms with Crippen molar-refractivity contribution in [3.05, 3.63) is 28.8 Å². The van der Waals surface area contributed by atoms with Crippen molar-refractivity contribution in [1.29, 1.82) is 0 Å². The van der Waals surface area contributed by atoms with Crippen LogP contribution in [0, 0.1) is 5.92 Å². The fourth-order valence-corrected chi connectivity index (χ4v) is 3.14. The molecule has 0 unspecified atom stereocenters. The molecule has 0 atom stereocenters. The highest BCUT2D eigenvalue weighted by atomic mass is 16.3. The molecule has 0 aliphatic carbocycles. The number of rotatable bonds is 6. The Morgan fingerprint density at radius 1 is 1.17 bits per heavy atom. The molecule has 1 saturated heterocycles. The number of aromatic hydroxyl groups is 1. The van der Waals surface area contributed by atoms with Gasteiger partial charge >= 0.3 is 0 Å². The van der Waals surface area contributed by atoms with Crippen molar-refractivity contribution < 1.29 is 9.90 Å². The molecule has 1 aromatic carbocycles. The minimum Gasteiger partial charge on any atom is -0.507 e. The van der Waals surface area contributed by atoms with Crippen molar-refractivity contribution in [3.8, 4) is 5.75 Å². The fourth-order valence-electron chi connectivity index (χ4n) is 3.14. The predicted octanol–water partition coefficient (Wildman–Crippen LogP) is 3.28. The lowest BCUT2D eigenvalue weighted by molar-refractivity contribution is 0.111. The Morgan fingerprint density at radius 3 is 2.25 bits per heavy atom. The van der Waals surface area contributed by atoms with Crippen LogP contribution in [0.25, 0.3) is 0 Å². The topological polar surface area (TPSA) is 43.8 Å². The summed E-state index contributed by atoms with van der Waals surface area (Å²) in [6, 6.07) is 3.94. The lowest BCUT2D eigenvalue weighted by Gasteiger charge is -2.35. The number of piperazine rings is 1. The Kier molecular flexibility index (Phi) is 6.05. The van der Waals surface area contributed by atoms with E-state index in [9.17, 15) is 9.90 Å². The number of phenols is 1. The number of aldehydes is 1. The van der Waals surface area contributed by atoms with E-state index in [0.29, 0.717) is 18.0 Å². The van der Waals surface area contributed by atoms with Gasteiger partial charge in [-0.1, -0.05) is 40.7 Å². The number of benzene rings is 1. The van der Waals surface area contributed by atoms with Gasteiger partial charge in [-0.25, -0.2) is 0 Å². The van der Waals surface area contributed by atoms with Crippen molar-refractivity contribution in [2.75, 3.05) is 32.7 Å². The van der Waals surface area contributed by atoms with Crippen LogP contribution in [0.3, 0.4) is 0 Å². The standard InChI is InChI=1S/C20H32N2O2/c1-6-21-7-9-22(10-8-21)13-16-11-18(20(4,5)15(2)3)12-17(14-23)19(16)24/h11-12,14-15,24H,6-10,13H2,1-5H3. The van der Waals surface area contributed by atoms with Gasteiger partial charge in [0.05, 0.1) is 5.56 Å². The van der Waals surface area contributed by atoms with Crippen molar-refractivity contribution in [3.63, 3.8) is 0 Å². The highest BCUT2D eigenvalue weighted by Gasteiger charge is 2.27. The zero-order valence-electron chi connectivity index (χ0n) is 15.8. The minimum atomic E-state index is -0.0406. The largest absolute Gasteiger partial charge is 0.507 e. The molecule has 4 heteroatoms. The van der Waals surface area contributed by atoms with Gasteiger partial charge in [0.1, 0.15) is 5.75 Å². The van der Waals surface area contributed by atoms with Gasteiger partial charge in [0, 0.05) is 38.3 Å². The summed E-state index contributed by atoms with van der Waals surface area (Å²) in [4.78, 5) is 16.2. The average molecular weight is 332 g/mol. The Hall–Kier alpha value is -1.39. The molecule has 1 aliphatic heterocycles. The van der Waals surface area contributed by atoms with Crippen LogP contribution in [-0.4, -0.2) is 53.9 Å². The molecular formula is C20H32N2O2. The van der Waals surface area contributed by atoms with E-state index in [1.807, 2.05) is 6.07 Å². The first-order valence-electron chi connectivity index (χ1n) is 9.05. The quantitative estimate of drug-likeness (QED) is 0.812. The zero-order chi connectivity index (χ0) is 17.9. The normalized spacial score (nSPS) is 17.4. The van der Waals surface area contributed by atoms with E-state index in [-0.39, 0.29) is 11.2 Å². The Balaban J connectivity index is 2.27. The third-order valence-corrected chi connectivity index (χ3v) is 5.84. The van der Waals surface area contributed by atoms with Gasteiger partial charge in [-0.3, -0.25) is 9.69 Å². The number of hydrogen-bond acceptors (Lipinski definition) is 4. The predicted molar refractivity (Wildman–Crippen MR) is 98.7 cm³/mol. The summed E-state index contributed by atoms with van der Waals surface area (Å²) in [6.45, 7) is 16.9. The molecular weight excluding hydrogens is 300 g/mol. The van der Waals surface area contributed by atoms with E-state index in [1.165, 1.54) is 0 Å². The fraction of sp³-hybridized carbons (Fsp3) is 0.650. The number of nitrogens with zero attached hydrogens (tertiary/aromatic N) is 2. The van der Waals surface area contributed by atoms with Crippen LogP contribution in [0.4, 0.5) is 0 Å². The summed E-state index contributed by atoms with van der Waals surface area (Å²) in [5.41, 5.74) is 2.36. The molecule has 0 spiro atoms. The smallest absolute Gasteiger partial charge is 0.153 e. The second-order valence-corrected chi connectivity index (χ2v) is 7.78. The highest BCUT2D eigenvalue weighted by Crippen LogP contribution is 2.35. The molecule has 4 nitrogen and oxygen atoms in total. The van der Waals surface area contributed by atoms with Crippen LogP contribution < -0.4 is 0 Å². The van der Waals surface area contributed by atoms with E-state index >= 15 is 0 Å². The lowest BCUT2D eigenvalue weighted by atomic mass is 9.74. The number of carbonyl (C=O) groups excluding carboxylic acids is 1. The second kappa shape index (κ2) is 7.66. The number of likely N-dealkylation sites (N-methyl/N-ethyl adjacent to an activating group) is 1. The van der Waals surface area contributed by atoms with Gasteiger partial charge in [-0.15, -0.1) is 0 Å². The van der Waals surface area contributed by atoms with Crippen LogP contribution in [-0.2, 0) is 12.0 Å². The van der Waals surface area contributed by atoms with Crippen LogP contribution in [0.1, 0.15) is 56.1 Å². The lowest BCUT2D eigenvalue weighted by Crippen LogP contribution is -2.45. The monoisotopic (exact) mass is 332 g/mol. The molecule has 24 heavy (non-hydrogen) atoms. The van der Waals surface area contributed by atoms with Crippen molar-refractivity contribution in [2.24, 2.45) is 5.92 Å². The summed E-state index contributed by atoms with van der Waals surface area (Å²) in [6.07, 6.45) is 0.772. The third kappa shape index (κ3) is 3.98. The summed E-state index contributed by atoms with van der Waals surface area (Å²) >= 11 is 0. The van der Waals surface area contributed by atoms with Crippen LogP contribution >= 0.6 is 0 Å². The van der Waals surface area contributed by atoms with Gasteiger partial charge in [-0.05, 0) is 29.5 Å². The summed E-state index contributed by atoms with van der Waals surface area (Å²) in [5, 5.41) is 10.5. The molecule has 1 aromatic rings. The van der Waals surface area contributed by atoms with Gasteiger partial charge in [0.15, 0.2) is 6.29 Å². The minimum absolute atomic E-state index is 0.0406. The number of phenolic OH excluding ortho intramolecular Hbond substituents is 1. The highest BCUT2D eigenvalue weighted by molar-refractivity contribution is 5.80. The Bertz CT molecular complexity index is 573. The molecule has 0 amide bonds. The first-order valence-corrected chi connectivity index (χ1v) is 9.05. The molecule has 0 saturated carbocycles. The van der Waals surface area contributed by atoms with Gasteiger partial charge in [-0.2, -0.15) is 0 Å². The Morgan fingerprint density at radius 2 is 1.75 bits per heavy atom. The van der Waals surface area contributed by atoms with Gasteiger partial charge in [0.25, 0.3) is 0 Å².